The molecule has 4 aromatic carbocycles. The first kappa shape index (κ1) is 19.5. The number of hydrogen-bond donors (Lipinski definition) is 0. The van der Waals surface area contributed by atoms with Gasteiger partial charge in [0.05, 0.1) is 6.07 Å². The Kier molecular flexibility index (Phi) is 5.41. The van der Waals surface area contributed by atoms with Crippen LogP contribution in [0, 0.1) is 23.0 Å². The summed E-state index contributed by atoms with van der Waals surface area (Å²) in [5.74, 6) is -1.39. The van der Waals surface area contributed by atoms with E-state index in [1.165, 1.54) is 18.2 Å². The number of nitriles is 1. The number of benzene rings is 4. The molecule has 3 heteroatoms. The zero-order valence-electron chi connectivity index (χ0n) is 16.2. The van der Waals surface area contributed by atoms with E-state index in [2.05, 4.69) is 6.07 Å². The Hall–Kier alpha value is -3.77. The molecule has 0 fully saturated rings. The van der Waals surface area contributed by atoms with Gasteiger partial charge in [-0.2, -0.15) is 5.26 Å². The molecule has 146 valence electrons. The number of rotatable bonds is 5. The molecule has 1 unspecified atom stereocenters. The molecular formula is C27H19F2N. The van der Waals surface area contributed by atoms with E-state index in [1.807, 2.05) is 60.7 Å². The highest BCUT2D eigenvalue weighted by Crippen LogP contribution is 2.48. The minimum Gasteiger partial charge on any atom is -0.207 e. The van der Waals surface area contributed by atoms with Crippen LogP contribution in [0.25, 0.3) is 0 Å². The maximum absolute atomic E-state index is 15.2. The van der Waals surface area contributed by atoms with E-state index in [0.717, 1.165) is 11.1 Å². The van der Waals surface area contributed by atoms with Crippen molar-refractivity contribution in [3.05, 3.63) is 143 Å². The molecule has 0 amide bonds. The van der Waals surface area contributed by atoms with Gasteiger partial charge in [0.25, 0.3) is 0 Å². The van der Waals surface area contributed by atoms with Gasteiger partial charge in [-0.1, -0.05) is 91.0 Å². The lowest BCUT2D eigenvalue weighted by atomic mass is 9.62. The Bertz CT molecular complexity index is 1130. The van der Waals surface area contributed by atoms with Gasteiger partial charge in [0, 0.05) is 11.5 Å². The molecule has 0 aliphatic heterocycles. The summed E-state index contributed by atoms with van der Waals surface area (Å²) in [5, 5.41) is 10.7. The van der Waals surface area contributed by atoms with Crippen LogP contribution in [0.3, 0.4) is 0 Å². The maximum atomic E-state index is 15.2. The fourth-order valence-corrected chi connectivity index (χ4v) is 4.14. The lowest BCUT2D eigenvalue weighted by Gasteiger charge is -2.37. The van der Waals surface area contributed by atoms with E-state index >= 15 is 4.39 Å². The second-order valence-corrected chi connectivity index (χ2v) is 7.16. The summed E-state index contributed by atoms with van der Waals surface area (Å²) in [6.45, 7) is 0. The van der Waals surface area contributed by atoms with Crippen molar-refractivity contribution >= 4 is 0 Å². The lowest BCUT2D eigenvalue weighted by molar-refractivity contribution is 0.517. The number of nitrogens with zero attached hydrogens (tertiary/aromatic N) is 1. The lowest BCUT2D eigenvalue weighted by Crippen LogP contribution is -2.35. The normalized spacial score (nSPS) is 12.9. The Labute approximate surface area is 174 Å². The summed E-state index contributed by atoms with van der Waals surface area (Å²) in [4.78, 5) is 0. The fourth-order valence-electron chi connectivity index (χ4n) is 4.14. The second kappa shape index (κ2) is 8.31. The third-order valence-corrected chi connectivity index (χ3v) is 5.47. The fraction of sp³-hybridized carbons (Fsp3) is 0.0741. The predicted molar refractivity (Wildman–Crippen MR) is 114 cm³/mol. The largest absolute Gasteiger partial charge is 0.207 e. The quantitative estimate of drug-likeness (QED) is 0.373. The molecule has 0 bridgehead atoms. The molecule has 0 saturated carbocycles. The van der Waals surface area contributed by atoms with Crippen molar-refractivity contribution in [1.29, 1.82) is 5.26 Å². The van der Waals surface area contributed by atoms with E-state index in [9.17, 15) is 9.65 Å². The van der Waals surface area contributed by atoms with Crippen LogP contribution in [0.2, 0.25) is 0 Å². The van der Waals surface area contributed by atoms with Crippen molar-refractivity contribution in [2.45, 2.75) is 11.3 Å². The van der Waals surface area contributed by atoms with Gasteiger partial charge in [0.15, 0.2) is 0 Å². The van der Waals surface area contributed by atoms with Gasteiger partial charge < -0.3 is 0 Å². The summed E-state index contributed by atoms with van der Waals surface area (Å²) in [6, 6.07) is 33.7. The molecule has 0 aliphatic rings. The van der Waals surface area contributed by atoms with E-state index in [4.69, 9.17) is 0 Å². The second-order valence-electron chi connectivity index (χ2n) is 7.16. The van der Waals surface area contributed by atoms with E-state index in [-0.39, 0.29) is 5.56 Å². The van der Waals surface area contributed by atoms with Gasteiger partial charge in [-0.3, -0.25) is 0 Å². The van der Waals surface area contributed by atoms with Crippen LogP contribution in [0.5, 0.6) is 0 Å². The van der Waals surface area contributed by atoms with Crippen LogP contribution >= 0.6 is 0 Å². The van der Waals surface area contributed by atoms with Gasteiger partial charge in [0.2, 0.25) is 0 Å². The smallest absolute Gasteiger partial charge is 0.128 e. The Morgan fingerprint density at radius 2 is 1.13 bits per heavy atom. The standard InChI is InChI=1S/C27H19F2N/c28-23-17-15-22(16-18-23)27(19-30,24-13-7-8-14-25(24)29)26(20-9-3-1-4-10-20)21-11-5-2-6-12-21/h1-18,26H. The first-order valence-corrected chi connectivity index (χ1v) is 9.69. The molecule has 0 N–H and O–H groups in total. The third kappa shape index (κ3) is 3.38. The zero-order valence-corrected chi connectivity index (χ0v) is 16.2. The third-order valence-electron chi connectivity index (χ3n) is 5.47. The van der Waals surface area contributed by atoms with Crippen LogP contribution in [-0.4, -0.2) is 0 Å². The molecule has 4 aromatic rings. The minimum absolute atomic E-state index is 0.261. The first-order chi connectivity index (χ1) is 14.7. The van der Waals surface area contributed by atoms with E-state index in [0.29, 0.717) is 5.56 Å². The highest BCUT2D eigenvalue weighted by Gasteiger charge is 2.46. The average Bonchev–Trinajstić information content (AvgIpc) is 2.80. The van der Waals surface area contributed by atoms with Crippen molar-refractivity contribution in [3.8, 4) is 6.07 Å². The predicted octanol–water partition coefficient (Wildman–Crippen LogP) is 6.61. The van der Waals surface area contributed by atoms with E-state index in [1.54, 1.807) is 30.3 Å². The maximum Gasteiger partial charge on any atom is 0.128 e. The molecule has 0 heterocycles. The summed E-state index contributed by atoms with van der Waals surface area (Å²) in [6.07, 6.45) is 0. The highest BCUT2D eigenvalue weighted by atomic mass is 19.1. The average molecular weight is 395 g/mol. The molecule has 0 aromatic heterocycles. The van der Waals surface area contributed by atoms with Crippen LogP contribution in [0.4, 0.5) is 8.78 Å². The van der Waals surface area contributed by atoms with Crippen LogP contribution in [0.15, 0.2) is 109 Å². The van der Waals surface area contributed by atoms with Crippen LogP contribution in [-0.2, 0) is 5.41 Å². The van der Waals surface area contributed by atoms with Crippen molar-refractivity contribution in [2.75, 3.05) is 0 Å². The Morgan fingerprint density at radius 1 is 0.633 bits per heavy atom. The Balaban J connectivity index is 2.11. The number of halogens is 2. The van der Waals surface area contributed by atoms with Gasteiger partial charge in [0.1, 0.15) is 17.0 Å². The molecular weight excluding hydrogens is 376 g/mol. The molecule has 4 rings (SSSR count). The topological polar surface area (TPSA) is 23.8 Å². The number of hydrogen-bond acceptors (Lipinski definition) is 1. The van der Waals surface area contributed by atoms with Crippen molar-refractivity contribution in [3.63, 3.8) is 0 Å². The van der Waals surface area contributed by atoms with Gasteiger partial charge in [-0.25, -0.2) is 8.78 Å². The van der Waals surface area contributed by atoms with Crippen molar-refractivity contribution in [2.24, 2.45) is 0 Å². The molecule has 30 heavy (non-hydrogen) atoms. The Morgan fingerprint density at radius 3 is 1.63 bits per heavy atom. The molecule has 1 atom stereocenters. The highest BCUT2D eigenvalue weighted by molar-refractivity contribution is 5.55. The SMILES string of the molecule is N#CC(c1ccc(F)cc1)(c1ccccc1F)C(c1ccccc1)c1ccccc1. The summed E-state index contributed by atoms with van der Waals surface area (Å²) in [7, 11) is 0. The summed E-state index contributed by atoms with van der Waals surface area (Å²) >= 11 is 0. The summed E-state index contributed by atoms with van der Waals surface area (Å²) < 4.78 is 29.0. The monoisotopic (exact) mass is 395 g/mol. The van der Waals surface area contributed by atoms with E-state index < -0.39 is 23.0 Å². The molecule has 0 radical (unpaired) electrons. The van der Waals surface area contributed by atoms with Gasteiger partial charge in [-0.05, 0) is 34.9 Å². The molecule has 0 spiro atoms. The molecule has 1 nitrogen and oxygen atoms in total. The van der Waals surface area contributed by atoms with Gasteiger partial charge in [-0.15, -0.1) is 0 Å². The molecule has 0 aliphatic carbocycles. The van der Waals surface area contributed by atoms with Crippen molar-refractivity contribution in [1.82, 2.24) is 0 Å². The first-order valence-electron chi connectivity index (χ1n) is 9.69. The van der Waals surface area contributed by atoms with Crippen LogP contribution < -0.4 is 0 Å². The minimum atomic E-state index is -1.40. The molecule has 0 saturated heterocycles. The van der Waals surface area contributed by atoms with Gasteiger partial charge >= 0.3 is 0 Å². The summed E-state index contributed by atoms with van der Waals surface area (Å²) in [5.41, 5.74) is 1.14. The zero-order chi connectivity index (χ0) is 21.0. The van der Waals surface area contributed by atoms with Crippen molar-refractivity contribution < 1.29 is 8.78 Å². The van der Waals surface area contributed by atoms with Crippen LogP contribution in [0.1, 0.15) is 28.2 Å².